The number of hydrogen-bond acceptors (Lipinski definition) is 5. The van der Waals surface area contributed by atoms with E-state index in [-0.39, 0.29) is 12.3 Å². The van der Waals surface area contributed by atoms with Crippen LogP contribution in [-0.4, -0.2) is 24.6 Å². The van der Waals surface area contributed by atoms with Crippen LogP contribution in [0.1, 0.15) is 18.1 Å². The zero-order chi connectivity index (χ0) is 15.3. The predicted molar refractivity (Wildman–Crippen MR) is 73.8 cm³/mol. The summed E-state index contributed by atoms with van der Waals surface area (Å²) in [7, 11) is 1.30. The van der Waals surface area contributed by atoms with Crippen molar-refractivity contribution in [2.24, 2.45) is 0 Å². The van der Waals surface area contributed by atoms with E-state index in [4.69, 9.17) is 4.74 Å². The molecule has 0 heterocycles. The molecule has 0 aliphatic carbocycles. The fourth-order valence-electron chi connectivity index (χ4n) is 1.67. The number of hydrogen-bond donors (Lipinski definition) is 0. The number of carbonyl (C=O) groups excluding carboxylic acids is 1. The minimum Gasteiger partial charge on any atom is -0.489 e. The first-order valence-corrected chi connectivity index (χ1v) is 6.00. The zero-order valence-electron chi connectivity index (χ0n) is 11.9. The monoisotopic (exact) mass is 279 g/mol. The molecule has 0 saturated carbocycles. The van der Waals surface area contributed by atoms with E-state index in [1.807, 2.05) is 6.92 Å². The van der Waals surface area contributed by atoms with Crippen molar-refractivity contribution < 1.29 is 19.2 Å². The highest BCUT2D eigenvalue weighted by Gasteiger charge is 2.14. The van der Waals surface area contributed by atoms with Crippen LogP contribution >= 0.6 is 0 Å². The van der Waals surface area contributed by atoms with Gasteiger partial charge < -0.3 is 9.47 Å². The Bertz CT molecular complexity index is 563. The number of carbonyl (C=O) groups is 1. The first-order chi connectivity index (χ1) is 9.36. The number of nitrogens with zero attached hydrogens (tertiary/aromatic N) is 1. The van der Waals surface area contributed by atoms with Crippen LogP contribution < -0.4 is 4.74 Å². The number of rotatable bonds is 5. The summed E-state index contributed by atoms with van der Waals surface area (Å²) in [5.74, 6) is -0.00331. The molecule has 0 radical (unpaired) electrons. The quantitative estimate of drug-likeness (QED) is 0.358. The van der Waals surface area contributed by atoms with Crippen molar-refractivity contribution in [2.45, 2.75) is 20.8 Å². The van der Waals surface area contributed by atoms with Gasteiger partial charge in [-0.15, -0.1) is 0 Å². The summed E-state index contributed by atoms with van der Waals surface area (Å²) in [6, 6.07) is 3.09. The molecule has 6 heteroatoms. The molecule has 0 unspecified atom stereocenters. The summed E-state index contributed by atoms with van der Waals surface area (Å²) in [4.78, 5) is 21.6. The van der Waals surface area contributed by atoms with Gasteiger partial charge in [0, 0.05) is 11.1 Å². The summed E-state index contributed by atoms with van der Waals surface area (Å²) in [5.41, 5.74) is 1.82. The molecule has 0 aromatic heterocycles. The summed E-state index contributed by atoms with van der Waals surface area (Å²) >= 11 is 0. The van der Waals surface area contributed by atoms with Gasteiger partial charge in [-0.05, 0) is 38.5 Å². The lowest BCUT2D eigenvalue weighted by molar-refractivity contribution is -0.385. The fourth-order valence-corrected chi connectivity index (χ4v) is 1.67. The zero-order valence-corrected chi connectivity index (χ0v) is 11.9. The topological polar surface area (TPSA) is 78.7 Å². The van der Waals surface area contributed by atoms with Gasteiger partial charge in [-0.2, -0.15) is 0 Å². The molecule has 0 atom stereocenters. The second-order valence-electron chi connectivity index (χ2n) is 4.35. The Morgan fingerprint density at radius 2 is 2.00 bits per heavy atom. The van der Waals surface area contributed by atoms with Crippen LogP contribution in [0.4, 0.5) is 5.69 Å². The van der Waals surface area contributed by atoms with Crippen LogP contribution in [-0.2, 0) is 9.53 Å². The maximum Gasteiger partial charge on any atom is 0.333 e. The first kappa shape index (κ1) is 15.7. The van der Waals surface area contributed by atoms with Gasteiger partial charge in [0.25, 0.3) is 5.69 Å². The largest absolute Gasteiger partial charge is 0.489 e. The van der Waals surface area contributed by atoms with Gasteiger partial charge in [-0.25, -0.2) is 4.79 Å². The summed E-state index contributed by atoms with van der Waals surface area (Å²) in [6.45, 7) is 5.24. The molecule has 0 spiro atoms. The highest BCUT2D eigenvalue weighted by Crippen LogP contribution is 2.28. The first-order valence-electron chi connectivity index (χ1n) is 6.00. The van der Waals surface area contributed by atoms with Crippen molar-refractivity contribution in [1.29, 1.82) is 0 Å². The Hall–Kier alpha value is -2.37. The molecule has 0 saturated heterocycles. The van der Waals surface area contributed by atoms with Gasteiger partial charge in [0.05, 0.1) is 18.1 Å². The van der Waals surface area contributed by atoms with Gasteiger partial charge in [0.15, 0.2) is 0 Å². The molecule has 1 rings (SSSR count). The van der Waals surface area contributed by atoms with E-state index in [9.17, 15) is 14.9 Å². The SMILES string of the molecule is COC(=O)/C(C)=C/COc1cc([N+](=O)[O-])c(C)cc1C. The average Bonchev–Trinajstić information content (AvgIpc) is 2.39. The van der Waals surface area contributed by atoms with E-state index in [1.165, 1.54) is 13.2 Å². The molecule has 0 aliphatic rings. The van der Waals surface area contributed by atoms with Gasteiger partial charge >= 0.3 is 5.97 Å². The van der Waals surface area contributed by atoms with Gasteiger partial charge in [-0.3, -0.25) is 10.1 Å². The summed E-state index contributed by atoms with van der Waals surface area (Å²) in [5, 5.41) is 10.9. The van der Waals surface area contributed by atoms with Crippen molar-refractivity contribution >= 4 is 11.7 Å². The van der Waals surface area contributed by atoms with Crippen LogP contribution in [0.5, 0.6) is 5.75 Å². The number of nitro benzene ring substituents is 1. The fraction of sp³-hybridized carbons (Fsp3) is 0.357. The standard InChI is InChI=1S/C14H17NO5/c1-9(14(16)19-4)5-6-20-13-8-12(15(17)18)10(2)7-11(13)3/h5,7-8H,6H2,1-4H3/b9-5+. The molecule has 0 N–H and O–H groups in total. The van der Waals surface area contributed by atoms with Crippen molar-refractivity contribution in [3.63, 3.8) is 0 Å². The maximum absolute atomic E-state index is 11.2. The van der Waals surface area contributed by atoms with Crippen LogP contribution in [0.15, 0.2) is 23.8 Å². The van der Waals surface area contributed by atoms with E-state index in [2.05, 4.69) is 4.74 Å². The van der Waals surface area contributed by atoms with Gasteiger partial charge in [0.2, 0.25) is 0 Å². The molecule has 0 amide bonds. The van der Waals surface area contributed by atoms with Crippen molar-refractivity contribution in [1.82, 2.24) is 0 Å². The van der Waals surface area contributed by atoms with Crippen molar-refractivity contribution in [3.05, 3.63) is 45.0 Å². The average molecular weight is 279 g/mol. The number of nitro groups is 1. The van der Waals surface area contributed by atoms with Crippen LogP contribution in [0.2, 0.25) is 0 Å². The van der Waals surface area contributed by atoms with Gasteiger partial charge in [0.1, 0.15) is 12.4 Å². The third-order valence-electron chi connectivity index (χ3n) is 2.83. The Morgan fingerprint density at radius 1 is 1.35 bits per heavy atom. The van der Waals surface area contributed by atoms with E-state index < -0.39 is 10.9 Å². The van der Waals surface area contributed by atoms with Crippen LogP contribution in [0, 0.1) is 24.0 Å². The lowest BCUT2D eigenvalue weighted by Gasteiger charge is -2.09. The summed E-state index contributed by atoms with van der Waals surface area (Å²) in [6.07, 6.45) is 1.57. The molecule has 0 bridgehead atoms. The summed E-state index contributed by atoms with van der Waals surface area (Å²) < 4.78 is 10.0. The third-order valence-corrected chi connectivity index (χ3v) is 2.83. The Kier molecular flexibility index (Phi) is 5.25. The molecule has 20 heavy (non-hydrogen) atoms. The molecule has 0 aliphatic heterocycles. The molecule has 1 aromatic carbocycles. The van der Waals surface area contributed by atoms with E-state index in [0.717, 1.165) is 5.56 Å². The highest BCUT2D eigenvalue weighted by atomic mass is 16.6. The Morgan fingerprint density at radius 3 is 2.55 bits per heavy atom. The molecule has 6 nitrogen and oxygen atoms in total. The third kappa shape index (κ3) is 3.81. The Balaban J connectivity index is 2.86. The van der Waals surface area contributed by atoms with E-state index >= 15 is 0 Å². The number of aryl methyl sites for hydroxylation is 2. The predicted octanol–water partition coefficient (Wildman–Crippen LogP) is 2.71. The van der Waals surface area contributed by atoms with E-state index in [0.29, 0.717) is 16.9 Å². The molecule has 0 fully saturated rings. The molecule has 108 valence electrons. The Labute approximate surface area is 117 Å². The second-order valence-corrected chi connectivity index (χ2v) is 4.35. The minimum absolute atomic E-state index is 0.0132. The second kappa shape index (κ2) is 6.70. The number of ether oxygens (including phenoxy) is 2. The van der Waals surface area contributed by atoms with Crippen molar-refractivity contribution in [2.75, 3.05) is 13.7 Å². The van der Waals surface area contributed by atoms with Crippen molar-refractivity contribution in [3.8, 4) is 5.75 Å². The molecule has 1 aromatic rings. The number of methoxy groups -OCH3 is 1. The lowest BCUT2D eigenvalue weighted by atomic mass is 10.1. The molecular weight excluding hydrogens is 262 g/mol. The van der Waals surface area contributed by atoms with E-state index in [1.54, 1.807) is 26.0 Å². The normalized spacial score (nSPS) is 11.1. The van der Waals surface area contributed by atoms with Crippen LogP contribution in [0.25, 0.3) is 0 Å². The van der Waals surface area contributed by atoms with Gasteiger partial charge in [-0.1, -0.05) is 0 Å². The lowest BCUT2D eigenvalue weighted by Crippen LogP contribution is -2.05. The van der Waals surface area contributed by atoms with Crippen LogP contribution in [0.3, 0.4) is 0 Å². The smallest absolute Gasteiger partial charge is 0.333 e. The molecular formula is C14H17NO5. The number of esters is 1. The minimum atomic E-state index is -0.447. The maximum atomic E-state index is 11.2. The highest BCUT2D eigenvalue weighted by molar-refractivity contribution is 5.87. The number of benzene rings is 1.